The monoisotopic (exact) mass is 488 g/mol. The molecule has 5 heteroatoms. The Hall–Kier alpha value is -3.83. The van der Waals surface area contributed by atoms with Crippen LogP contribution in [0.5, 0.6) is 0 Å². The van der Waals surface area contributed by atoms with Crippen molar-refractivity contribution in [3.05, 3.63) is 83.6 Å². The quantitative estimate of drug-likeness (QED) is 0.281. The number of carbonyl (C=O) groups excluding carboxylic acids is 1. The molecule has 0 unspecified atom stereocenters. The van der Waals surface area contributed by atoms with Gasteiger partial charge in [-0.25, -0.2) is 0 Å². The van der Waals surface area contributed by atoms with E-state index in [1.165, 1.54) is 37.1 Å². The van der Waals surface area contributed by atoms with E-state index in [-0.39, 0.29) is 5.78 Å². The van der Waals surface area contributed by atoms with Crippen LogP contribution in [0.4, 0.5) is 17.1 Å². The summed E-state index contributed by atoms with van der Waals surface area (Å²) in [6.07, 6.45) is 9.33. The first-order valence-electron chi connectivity index (χ1n) is 13.3. The van der Waals surface area contributed by atoms with Gasteiger partial charge in [0.1, 0.15) is 0 Å². The molecule has 0 atom stereocenters. The zero-order valence-corrected chi connectivity index (χ0v) is 21.3. The van der Waals surface area contributed by atoms with Crippen molar-refractivity contribution in [1.82, 2.24) is 9.88 Å². The zero-order valence-electron chi connectivity index (χ0n) is 21.3. The van der Waals surface area contributed by atoms with Gasteiger partial charge in [0.15, 0.2) is 5.78 Å². The van der Waals surface area contributed by atoms with Crippen LogP contribution >= 0.6 is 0 Å². The van der Waals surface area contributed by atoms with E-state index in [0.29, 0.717) is 5.56 Å². The predicted octanol–water partition coefficient (Wildman–Crippen LogP) is 7.13. The topological polar surface area (TPSA) is 57.6 Å². The van der Waals surface area contributed by atoms with Gasteiger partial charge in [0.2, 0.25) is 0 Å². The molecule has 186 valence electrons. The summed E-state index contributed by atoms with van der Waals surface area (Å²) in [4.78, 5) is 24.3. The molecule has 3 aromatic carbocycles. The lowest BCUT2D eigenvalue weighted by atomic mass is 9.96. The number of nitrogens with one attached hydrogen (secondary N) is 1. The van der Waals surface area contributed by atoms with Crippen LogP contribution < -0.4 is 5.32 Å². The number of pyridine rings is 1. The normalized spacial score (nSPS) is 15.2. The first-order chi connectivity index (χ1) is 18.1. The molecule has 0 spiro atoms. The predicted molar refractivity (Wildman–Crippen MR) is 153 cm³/mol. The zero-order chi connectivity index (χ0) is 25.2. The molecule has 1 saturated heterocycles. The fraction of sp³-hybridized carbons (Fsp3) is 0.281. The Balaban J connectivity index is 1.36. The Morgan fingerprint density at radius 1 is 1.00 bits per heavy atom. The Morgan fingerprint density at radius 3 is 2.70 bits per heavy atom. The molecular weight excluding hydrogens is 456 g/mol. The van der Waals surface area contributed by atoms with E-state index >= 15 is 0 Å². The Bertz CT molecular complexity index is 1500. The molecular formula is C32H32N4O. The highest BCUT2D eigenvalue weighted by Gasteiger charge is 2.16. The summed E-state index contributed by atoms with van der Waals surface area (Å²) in [6, 6.07) is 21.3. The third-order valence-corrected chi connectivity index (χ3v) is 7.54. The van der Waals surface area contributed by atoms with Gasteiger partial charge in [-0.05, 0) is 111 Å². The highest BCUT2D eigenvalue weighted by Crippen LogP contribution is 2.35. The number of hydrogen-bond acceptors (Lipinski definition) is 5. The van der Waals surface area contributed by atoms with Gasteiger partial charge in [-0.15, -0.1) is 0 Å². The molecule has 0 amide bonds. The Morgan fingerprint density at radius 2 is 1.84 bits per heavy atom. The van der Waals surface area contributed by atoms with Crippen LogP contribution in [0.1, 0.15) is 47.7 Å². The SMILES string of the molecule is CC(=O)c1cnc2ccc(-c3ccc4c(c3)CCC=N4)cc2c1Nc1cccc(CCN2CCCC2)c1. The maximum Gasteiger partial charge on any atom is 0.163 e. The number of fused-ring (bicyclic) bond motifs is 2. The molecule has 3 heterocycles. The first kappa shape index (κ1) is 23.6. The van der Waals surface area contributed by atoms with Gasteiger partial charge in [0.25, 0.3) is 0 Å². The highest BCUT2D eigenvalue weighted by molar-refractivity contribution is 6.08. The van der Waals surface area contributed by atoms with Gasteiger partial charge in [-0.3, -0.25) is 14.8 Å². The molecule has 1 N–H and O–H groups in total. The lowest BCUT2D eigenvalue weighted by Gasteiger charge is -2.17. The van der Waals surface area contributed by atoms with E-state index in [1.54, 1.807) is 13.1 Å². The summed E-state index contributed by atoms with van der Waals surface area (Å²) < 4.78 is 0. The average molecular weight is 489 g/mol. The number of aromatic nitrogens is 1. The number of benzene rings is 3. The van der Waals surface area contributed by atoms with E-state index in [1.807, 2.05) is 12.3 Å². The third-order valence-electron chi connectivity index (χ3n) is 7.54. The molecule has 6 rings (SSSR count). The van der Waals surface area contributed by atoms with Crippen molar-refractivity contribution in [2.75, 3.05) is 25.0 Å². The standard InChI is InChI=1S/C32H32N4O/c1-22(37)29-21-34-31-12-10-25(24-9-11-30-26(19-24)7-5-14-33-30)20-28(31)32(29)35-27-8-4-6-23(18-27)13-17-36-15-2-3-16-36/h4,6,8-12,14,18-21H,2-3,5,7,13,15-17H2,1H3,(H,34,35). The van der Waals surface area contributed by atoms with Crippen LogP contribution in [-0.4, -0.2) is 41.5 Å². The van der Waals surface area contributed by atoms with Crippen molar-refractivity contribution in [2.45, 2.75) is 39.0 Å². The van der Waals surface area contributed by atoms with E-state index in [9.17, 15) is 4.79 Å². The number of likely N-dealkylation sites (tertiary alicyclic amines) is 1. The van der Waals surface area contributed by atoms with Gasteiger partial charge >= 0.3 is 0 Å². The van der Waals surface area contributed by atoms with Gasteiger partial charge in [0.05, 0.1) is 22.5 Å². The van der Waals surface area contributed by atoms with E-state index in [2.05, 4.69) is 74.8 Å². The Kier molecular flexibility index (Phi) is 6.54. The van der Waals surface area contributed by atoms with Gasteiger partial charge < -0.3 is 10.2 Å². The number of rotatable bonds is 7. The van der Waals surface area contributed by atoms with Crippen molar-refractivity contribution in [3.8, 4) is 11.1 Å². The van der Waals surface area contributed by atoms with E-state index in [4.69, 9.17) is 0 Å². The summed E-state index contributed by atoms with van der Waals surface area (Å²) in [6.45, 7) is 5.12. The fourth-order valence-corrected chi connectivity index (χ4v) is 5.49. The number of ketones is 1. The molecule has 0 aliphatic carbocycles. The smallest absolute Gasteiger partial charge is 0.163 e. The van der Waals surface area contributed by atoms with Crippen molar-refractivity contribution in [3.63, 3.8) is 0 Å². The minimum absolute atomic E-state index is 0.000802. The largest absolute Gasteiger partial charge is 0.354 e. The number of hydrogen-bond donors (Lipinski definition) is 1. The van der Waals surface area contributed by atoms with E-state index in [0.717, 1.165) is 64.9 Å². The van der Waals surface area contributed by atoms with Crippen LogP contribution in [0, 0.1) is 0 Å². The van der Waals surface area contributed by atoms with Gasteiger partial charge in [-0.2, -0.15) is 0 Å². The molecule has 0 saturated carbocycles. The molecule has 0 radical (unpaired) electrons. The number of aliphatic imine (C=N–C) groups is 1. The average Bonchev–Trinajstić information content (AvgIpc) is 3.45. The van der Waals surface area contributed by atoms with Crippen LogP contribution in [0.3, 0.4) is 0 Å². The molecule has 0 bridgehead atoms. The van der Waals surface area contributed by atoms with Crippen molar-refractivity contribution in [2.24, 2.45) is 4.99 Å². The number of carbonyl (C=O) groups is 1. The summed E-state index contributed by atoms with van der Waals surface area (Å²) in [7, 11) is 0. The summed E-state index contributed by atoms with van der Waals surface area (Å²) >= 11 is 0. The van der Waals surface area contributed by atoms with Crippen molar-refractivity contribution < 1.29 is 4.79 Å². The van der Waals surface area contributed by atoms with Crippen molar-refractivity contribution >= 4 is 40.0 Å². The maximum atomic E-state index is 12.6. The van der Waals surface area contributed by atoms with Crippen LogP contribution in [0.2, 0.25) is 0 Å². The van der Waals surface area contributed by atoms with Crippen molar-refractivity contribution in [1.29, 1.82) is 0 Å². The van der Waals surface area contributed by atoms with Gasteiger partial charge in [-0.1, -0.05) is 24.3 Å². The number of aryl methyl sites for hydroxylation is 1. The highest BCUT2D eigenvalue weighted by atomic mass is 16.1. The number of Topliss-reactive ketones (excluding diaryl/α,β-unsaturated/α-hetero) is 1. The third kappa shape index (κ3) is 5.05. The molecule has 37 heavy (non-hydrogen) atoms. The van der Waals surface area contributed by atoms with Crippen LogP contribution in [0.25, 0.3) is 22.0 Å². The van der Waals surface area contributed by atoms with Gasteiger partial charge in [0, 0.05) is 30.0 Å². The summed E-state index contributed by atoms with van der Waals surface area (Å²) in [5, 5.41) is 4.55. The molecule has 2 aliphatic rings. The second-order valence-corrected chi connectivity index (χ2v) is 10.2. The molecule has 5 nitrogen and oxygen atoms in total. The second kappa shape index (κ2) is 10.3. The first-order valence-corrected chi connectivity index (χ1v) is 13.3. The second-order valence-electron chi connectivity index (χ2n) is 10.2. The fourth-order valence-electron chi connectivity index (χ4n) is 5.49. The number of anilines is 2. The molecule has 4 aromatic rings. The summed E-state index contributed by atoms with van der Waals surface area (Å²) in [5.41, 5.74) is 9.18. The van der Waals surface area contributed by atoms with Crippen LogP contribution in [0.15, 0.2) is 71.9 Å². The summed E-state index contributed by atoms with van der Waals surface area (Å²) in [5.74, 6) is -0.000802. The molecule has 1 aromatic heterocycles. The van der Waals surface area contributed by atoms with E-state index < -0.39 is 0 Å². The maximum absolute atomic E-state index is 12.6. The molecule has 1 fully saturated rings. The minimum Gasteiger partial charge on any atom is -0.354 e. The Labute approximate surface area is 218 Å². The van der Waals surface area contributed by atoms with Crippen LogP contribution in [-0.2, 0) is 12.8 Å². The number of nitrogens with zero attached hydrogens (tertiary/aromatic N) is 3. The lowest BCUT2D eigenvalue weighted by Crippen LogP contribution is -2.21. The lowest BCUT2D eigenvalue weighted by molar-refractivity contribution is 0.101. The molecule has 2 aliphatic heterocycles. The minimum atomic E-state index is -0.000802.